The van der Waals surface area contributed by atoms with Crippen molar-refractivity contribution in [1.29, 1.82) is 0 Å². The average molecular weight is 155 g/mol. The van der Waals surface area contributed by atoms with Crippen LogP contribution in [0.3, 0.4) is 0 Å². The van der Waals surface area contributed by atoms with Gasteiger partial charge in [-0.2, -0.15) is 0 Å². The molecule has 0 aliphatic carbocycles. The molecule has 11 heavy (non-hydrogen) atoms. The quantitative estimate of drug-likeness (QED) is 0.632. The summed E-state index contributed by atoms with van der Waals surface area (Å²) in [5, 5.41) is 3.85. The summed E-state index contributed by atoms with van der Waals surface area (Å²) >= 11 is 0. The number of anilines is 2. The zero-order valence-corrected chi connectivity index (χ0v) is 7.33. The van der Waals surface area contributed by atoms with Gasteiger partial charge in [0.2, 0.25) is 0 Å². The van der Waals surface area contributed by atoms with Crippen molar-refractivity contribution < 1.29 is 4.52 Å². The first kappa shape index (κ1) is 7.91. The Bertz CT molecular complexity index is 207. The van der Waals surface area contributed by atoms with Crippen LogP contribution in [-0.4, -0.2) is 33.3 Å². The first-order valence-corrected chi connectivity index (χ1v) is 3.42. The minimum atomic E-state index is 0.856. The lowest BCUT2D eigenvalue weighted by molar-refractivity contribution is 0.420. The minimum absolute atomic E-state index is 0.856. The van der Waals surface area contributed by atoms with Gasteiger partial charge in [-0.1, -0.05) is 5.16 Å². The summed E-state index contributed by atoms with van der Waals surface area (Å²) in [5.41, 5.74) is 0.995. The van der Waals surface area contributed by atoms with Crippen molar-refractivity contribution in [3.8, 4) is 0 Å². The van der Waals surface area contributed by atoms with Crippen molar-refractivity contribution in [2.45, 2.75) is 0 Å². The third-order valence-electron chi connectivity index (χ3n) is 1.44. The summed E-state index contributed by atoms with van der Waals surface area (Å²) in [4.78, 5) is 3.88. The molecule has 0 atom stereocenters. The molecule has 1 aromatic heterocycles. The van der Waals surface area contributed by atoms with Gasteiger partial charge in [0.15, 0.2) is 5.82 Å². The molecule has 0 bridgehead atoms. The molecule has 4 heteroatoms. The second-order valence-electron chi connectivity index (χ2n) is 2.81. The van der Waals surface area contributed by atoms with Crippen LogP contribution in [0.2, 0.25) is 0 Å². The van der Waals surface area contributed by atoms with E-state index in [1.54, 1.807) is 6.26 Å². The van der Waals surface area contributed by atoms with E-state index < -0.39 is 0 Å². The Morgan fingerprint density at radius 1 is 1.18 bits per heavy atom. The zero-order valence-electron chi connectivity index (χ0n) is 7.33. The van der Waals surface area contributed by atoms with Crippen LogP contribution in [0.25, 0.3) is 0 Å². The van der Waals surface area contributed by atoms with Crippen LogP contribution in [0, 0.1) is 0 Å². The van der Waals surface area contributed by atoms with Crippen LogP contribution in [-0.2, 0) is 0 Å². The number of aromatic nitrogens is 1. The van der Waals surface area contributed by atoms with Gasteiger partial charge in [-0.05, 0) is 0 Å². The minimum Gasteiger partial charge on any atom is -0.372 e. The molecule has 0 spiro atoms. The van der Waals surface area contributed by atoms with E-state index in [9.17, 15) is 0 Å². The molecule has 0 amide bonds. The monoisotopic (exact) mass is 155 g/mol. The Labute approximate surface area is 66.4 Å². The first-order valence-electron chi connectivity index (χ1n) is 3.42. The molecule has 0 saturated carbocycles. The van der Waals surface area contributed by atoms with E-state index in [4.69, 9.17) is 4.52 Å². The molecular formula is C7H13N3O. The van der Waals surface area contributed by atoms with Crippen LogP contribution >= 0.6 is 0 Å². The van der Waals surface area contributed by atoms with Gasteiger partial charge in [0.25, 0.3) is 0 Å². The maximum absolute atomic E-state index is 4.83. The SMILES string of the molecule is CN(C)c1conc1N(C)C. The van der Waals surface area contributed by atoms with Gasteiger partial charge in [0, 0.05) is 28.2 Å². The zero-order chi connectivity index (χ0) is 8.43. The predicted molar refractivity (Wildman–Crippen MR) is 45.2 cm³/mol. The van der Waals surface area contributed by atoms with Gasteiger partial charge in [0.1, 0.15) is 12.0 Å². The summed E-state index contributed by atoms with van der Waals surface area (Å²) in [6.07, 6.45) is 1.63. The summed E-state index contributed by atoms with van der Waals surface area (Å²) in [7, 11) is 7.79. The topological polar surface area (TPSA) is 32.5 Å². The van der Waals surface area contributed by atoms with Crippen LogP contribution in [0.15, 0.2) is 10.8 Å². The predicted octanol–water partition coefficient (Wildman–Crippen LogP) is 0.807. The highest BCUT2D eigenvalue weighted by Gasteiger charge is 2.10. The van der Waals surface area contributed by atoms with Gasteiger partial charge in [-0.15, -0.1) is 0 Å². The van der Waals surface area contributed by atoms with Gasteiger partial charge >= 0.3 is 0 Å². The van der Waals surface area contributed by atoms with Gasteiger partial charge in [-0.3, -0.25) is 0 Å². The lowest BCUT2D eigenvalue weighted by Crippen LogP contribution is -2.15. The fourth-order valence-electron chi connectivity index (χ4n) is 0.842. The van der Waals surface area contributed by atoms with E-state index in [1.807, 2.05) is 38.0 Å². The van der Waals surface area contributed by atoms with E-state index >= 15 is 0 Å². The fourth-order valence-corrected chi connectivity index (χ4v) is 0.842. The fraction of sp³-hybridized carbons (Fsp3) is 0.571. The number of hydrogen-bond donors (Lipinski definition) is 0. The molecular weight excluding hydrogens is 142 g/mol. The van der Waals surface area contributed by atoms with Gasteiger partial charge in [-0.25, -0.2) is 0 Å². The molecule has 0 radical (unpaired) electrons. The Morgan fingerprint density at radius 3 is 2.18 bits per heavy atom. The molecule has 0 aliphatic heterocycles. The third-order valence-corrected chi connectivity index (χ3v) is 1.44. The van der Waals surface area contributed by atoms with Crippen molar-refractivity contribution in [3.63, 3.8) is 0 Å². The molecule has 1 aromatic rings. The van der Waals surface area contributed by atoms with E-state index in [0.717, 1.165) is 11.5 Å². The molecule has 0 N–H and O–H groups in total. The van der Waals surface area contributed by atoms with E-state index in [2.05, 4.69) is 5.16 Å². The molecule has 1 rings (SSSR count). The maximum Gasteiger partial charge on any atom is 0.195 e. The summed E-state index contributed by atoms with van der Waals surface area (Å²) in [5.74, 6) is 0.856. The normalized spacial score (nSPS) is 9.82. The third kappa shape index (κ3) is 1.45. The molecule has 4 nitrogen and oxygen atoms in total. The van der Waals surface area contributed by atoms with Crippen LogP contribution in [0.5, 0.6) is 0 Å². The van der Waals surface area contributed by atoms with Gasteiger partial charge < -0.3 is 14.3 Å². The second-order valence-corrected chi connectivity index (χ2v) is 2.81. The van der Waals surface area contributed by atoms with E-state index in [0.29, 0.717) is 0 Å². The van der Waals surface area contributed by atoms with E-state index in [1.165, 1.54) is 0 Å². The molecule has 0 fully saturated rings. The second kappa shape index (κ2) is 2.82. The van der Waals surface area contributed by atoms with Crippen molar-refractivity contribution in [2.75, 3.05) is 38.0 Å². The summed E-state index contributed by atoms with van der Waals surface area (Å²) in [6.45, 7) is 0. The molecule has 0 aromatic carbocycles. The first-order chi connectivity index (χ1) is 5.13. The molecule has 62 valence electrons. The molecule has 1 heterocycles. The Balaban J connectivity index is 2.96. The standard InChI is InChI=1S/C7H13N3O/c1-9(2)6-5-11-8-7(6)10(3)4/h5H,1-4H3. The molecule has 0 aliphatic rings. The summed E-state index contributed by atoms with van der Waals surface area (Å²) in [6, 6.07) is 0. The van der Waals surface area contributed by atoms with Crippen LogP contribution < -0.4 is 9.80 Å². The Kier molecular flexibility index (Phi) is 2.03. The van der Waals surface area contributed by atoms with Crippen molar-refractivity contribution >= 4 is 11.5 Å². The average Bonchev–Trinajstić information content (AvgIpc) is 2.32. The van der Waals surface area contributed by atoms with Crippen molar-refractivity contribution in [1.82, 2.24) is 5.16 Å². The number of nitrogens with zero attached hydrogens (tertiary/aromatic N) is 3. The van der Waals surface area contributed by atoms with Crippen molar-refractivity contribution in [2.24, 2.45) is 0 Å². The van der Waals surface area contributed by atoms with Crippen LogP contribution in [0.4, 0.5) is 11.5 Å². The molecule has 0 saturated heterocycles. The van der Waals surface area contributed by atoms with Crippen molar-refractivity contribution in [3.05, 3.63) is 6.26 Å². The smallest absolute Gasteiger partial charge is 0.195 e. The van der Waals surface area contributed by atoms with E-state index in [-0.39, 0.29) is 0 Å². The number of rotatable bonds is 2. The molecule has 0 unspecified atom stereocenters. The Hall–Kier alpha value is -1.19. The maximum atomic E-state index is 4.83. The van der Waals surface area contributed by atoms with Crippen LogP contribution in [0.1, 0.15) is 0 Å². The summed E-state index contributed by atoms with van der Waals surface area (Å²) < 4.78 is 4.83. The lowest BCUT2D eigenvalue weighted by Gasteiger charge is -2.14. The van der Waals surface area contributed by atoms with Gasteiger partial charge in [0.05, 0.1) is 0 Å². The highest BCUT2D eigenvalue weighted by Crippen LogP contribution is 2.23. The highest BCUT2D eigenvalue weighted by atomic mass is 16.5. The lowest BCUT2D eigenvalue weighted by atomic mass is 10.4. The highest BCUT2D eigenvalue weighted by molar-refractivity contribution is 5.63. The number of hydrogen-bond acceptors (Lipinski definition) is 4. The Morgan fingerprint density at radius 2 is 1.82 bits per heavy atom. The largest absolute Gasteiger partial charge is 0.372 e.